The number of carbonyl (C=O) groups excluding carboxylic acids is 1. The van der Waals surface area contributed by atoms with Crippen LogP contribution >= 0.6 is 23.2 Å². The van der Waals surface area contributed by atoms with Crippen LogP contribution in [0.2, 0.25) is 10.2 Å². The van der Waals surface area contributed by atoms with Crippen LogP contribution < -0.4 is 15.6 Å². The Morgan fingerprint density at radius 3 is 2.56 bits per heavy atom. The lowest BCUT2D eigenvalue weighted by atomic mass is 10.0. The smallest absolute Gasteiger partial charge is 0.252 e. The molecule has 2 aromatic carbocycles. The largest absolute Gasteiger partial charge is 0.495 e. The second kappa shape index (κ2) is 10.9. The van der Waals surface area contributed by atoms with Crippen LogP contribution in [0, 0.1) is 0 Å². The number of hydrogen-bond acceptors (Lipinski definition) is 6. The van der Waals surface area contributed by atoms with Gasteiger partial charge in [0, 0.05) is 46.0 Å². The zero-order chi connectivity index (χ0) is 27.7. The number of benzene rings is 2. The molecule has 3 aromatic heterocycles. The third-order valence-corrected chi connectivity index (χ3v) is 6.80. The summed E-state index contributed by atoms with van der Waals surface area (Å²) in [4.78, 5) is 26.8. The topological polar surface area (TPSA) is 109 Å². The molecule has 5 rings (SSSR count). The number of methoxy groups -OCH3 is 1. The molecule has 200 valence electrons. The predicted molar refractivity (Wildman–Crippen MR) is 151 cm³/mol. The van der Waals surface area contributed by atoms with Crippen molar-refractivity contribution in [3.63, 3.8) is 0 Å². The summed E-state index contributed by atoms with van der Waals surface area (Å²) in [5, 5.41) is 16.9. The van der Waals surface area contributed by atoms with Crippen LogP contribution in [0.25, 0.3) is 27.7 Å². The molecule has 39 heavy (non-hydrogen) atoms. The first kappa shape index (κ1) is 26.5. The fourth-order valence-corrected chi connectivity index (χ4v) is 4.78. The number of rotatable bonds is 8. The third-order valence-electron chi connectivity index (χ3n) is 6.39. The minimum Gasteiger partial charge on any atom is -0.495 e. The van der Waals surface area contributed by atoms with Gasteiger partial charge in [-0.1, -0.05) is 35.3 Å². The standard InChI is InChI=1S/C27H25Cl2N7O3/c1-4-22(27(38)30-18-7-8-21-16(10-18)13-34(5-2)32-21)35-14-24(39-3)20(12-26(35)37)19-11-17(28)6-9-23(19)36-15-25(29)31-33-36/h6-15,22H,4-5H2,1-3H3,(H,30,38). The first-order valence-corrected chi connectivity index (χ1v) is 13.0. The maximum Gasteiger partial charge on any atom is 0.252 e. The van der Waals surface area contributed by atoms with Crippen LogP contribution in [0.5, 0.6) is 5.75 Å². The fourth-order valence-electron chi connectivity index (χ4n) is 4.48. The highest BCUT2D eigenvalue weighted by molar-refractivity contribution is 6.31. The number of fused-ring (bicyclic) bond motifs is 1. The quantitative estimate of drug-likeness (QED) is 0.271. The molecule has 0 bridgehead atoms. The van der Waals surface area contributed by atoms with Crippen LogP contribution in [0.1, 0.15) is 26.3 Å². The van der Waals surface area contributed by atoms with E-state index in [0.29, 0.717) is 39.7 Å². The molecule has 12 heteroatoms. The number of pyridine rings is 1. The van der Waals surface area contributed by atoms with Gasteiger partial charge >= 0.3 is 0 Å². The van der Waals surface area contributed by atoms with Crippen LogP contribution in [0.4, 0.5) is 5.69 Å². The first-order valence-electron chi connectivity index (χ1n) is 12.3. The first-order chi connectivity index (χ1) is 18.8. The number of carbonyl (C=O) groups is 1. The van der Waals surface area contributed by atoms with Gasteiger partial charge in [-0.25, -0.2) is 4.68 Å². The molecule has 0 aliphatic heterocycles. The lowest BCUT2D eigenvalue weighted by molar-refractivity contribution is -0.119. The van der Waals surface area contributed by atoms with E-state index in [2.05, 4.69) is 20.7 Å². The van der Waals surface area contributed by atoms with Crippen molar-refractivity contribution in [2.45, 2.75) is 32.9 Å². The van der Waals surface area contributed by atoms with E-state index in [1.807, 2.05) is 36.9 Å². The summed E-state index contributed by atoms with van der Waals surface area (Å²) in [6.07, 6.45) is 5.39. The number of hydrogen-bond donors (Lipinski definition) is 1. The van der Waals surface area contributed by atoms with Gasteiger partial charge in [0.25, 0.3) is 5.56 Å². The molecule has 0 aliphatic carbocycles. The number of anilines is 1. The van der Waals surface area contributed by atoms with Crippen molar-refractivity contribution in [2.75, 3.05) is 12.4 Å². The van der Waals surface area contributed by atoms with Crippen LogP contribution in [-0.2, 0) is 11.3 Å². The normalized spacial score (nSPS) is 12.0. The van der Waals surface area contributed by atoms with Crippen LogP contribution in [0.3, 0.4) is 0 Å². The molecule has 1 amide bonds. The predicted octanol–water partition coefficient (Wildman–Crippen LogP) is 5.37. The zero-order valence-electron chi connectivity index (χ0n) is 21.4. The Balaban J connectivity index is 1.51. The summed E-state index contributed by atoms with van der Waals surface area (Å²) in [5.74, 6) is 0.0568. The number of aromatic nitrogens is 6. The summed E-state index contributed by atoms with van der Waals surface area (Å²) < 4.78 is 10.4. The SMILES string of the molecule is CCC(C(=O)Nc1ccc2nn(CC)cc2c1)n1cc(OC)c(-c2cc(Cl)ccc2-n2cc(Cl)nn2)cc1=O. The van der Waals surface area contributed by atoms with Crippen molar-refractivity contribution in [3.8, 4) is 22.6 Å². The number of amides is 1. The minimum atomic E-state index is -0.775. The van der Waals surface area contributed by atoms with Gasteiger partial charge in [-0.3, -0.25) is 18.8 Å². The molecule has 1 atom stereocenters. The van der Waals surface area contributed by atoms with Crippen LogP contribution in [-0.4, -0.2) is 42.4 Å². The van der Waals surface area contributed by atoms with Crippen LogP contribution in [0.15, 0.2) is 65.8 Å². The van der Waals surface area contributed by atoms with E-state index in [4.69, 9.17) is 27.9 Å². The Morgan fingerprint density at radius 1 is 1.05 bits per heavy atom. The molecule has 10 nitrogen and oxygen atoms in total. The highest BCUT2D eigenvalue weighted by Crippen LogP contribution is 2.35. The van der Waals surface area contributed by atoms with Crippen molar-refractivity contribution in [3.05, 3.63) is 81.6 Å². The third kappa shape index (κ3) is 5.25. The van der Waals surface area contributed by atoms with Gasteiger partial charge in [-0.15, -0.1) is 5.10 Å². The molecule has 5 aromatic rings. The zero-order valence-corrected chi connectivity index (χ0v) is 22.9. The average Bonchev–Trinajstić information content (AvgIpc) is 3.55. The molecule has 0 saturated heterocycles. The minimum absolute atomic E-state index is 0.216. The molecule has 0 spiro atoms. The number of nitrogens with one attached hydrogen (secondary N) is 1. The van der Waals surface area contributed by atoms with Crippen molar-refractivity contribution >= 4 is 45.7 Å². The van der Waals surface area contributed by atoms with Gasteiger partial charge in [-0.2, -0.15) is 5.10 Å². The van der Waals surface area contributed by atoms with E-state index >= 15 is 0 Å². The molecular formula is C27H25Cl2N7O3. The molecule has 0 radical (unpaired) electrons. The Kier molecular flexibility index (Phi) is 7.40. The van der Waals surface area contributed by atoms with Gasteiger partial charge in [-0.05, 0) is 49.7 Å². The van der Waals surface area contributed by atoms with Gasteiger partial charge in [0.15, 0.2) is 5.15 Å². The fraction of sp³-hybridized carbons (Fsp3) is 0.222. The highest BCUT2D eigenvalue weighted by atomic mass is 35.5. The lowest BCUT2D eigenvalue weighted by Gasteiger charge is -2.20. The molecule has 0 saturated carbocycles. The van der Waals surface area contributed by atoms with E-state index in [9.17, 15) is 9.59 Å². The monoisotopic (exact) mass is 565 g/mol. The van der Waals surface area contributed by atoms with Gasteiger partial charge in [0.05, 0.1) is 30.7 Å². The number of halogens is 2. The van der Waals surface area contributed by atoms with E-state index < -0.39 is 6.04 Å². The molecular weight excluding hydrogens is 541 g/mol. The highest BCUT2D eigenvalue weighted by Gasteiger charge is 2.23. The second-order valence-electron chi connectivity index (χ2n) is 8.82. The van der Waals surface area contributed by atoms with Gasteiger partial charge < -0.3 is 10.1 Å². The van der Waals surface area contributed by atoms with Crippen molar-refractivity contribution in [1.82, 2.24) is 29.3 Å². The molecule has 0 aliphatic rings. The Bertz CT molecular complexity index is 1740. The maximum absolute atomic E-state index is 13.4. The summed E-state index contributed by atoms with van der Waals surface area (Å²) in [6.45, 7) is 4.60. The van der Waals surface area contributed by atoms with E-state index in [-0.39, 0.29) is 16.6 Å². The summed E-state index contributed by atoms with van der Waals surface area (Å²) in [7, 11) is 1.50. The number of ether oxygens (including phenoxy) is 1. The van der Waals surface area contributed by atoms with E-state index in [1.54, 1.807) is 36.7 Å². The Labute approximate surface area is 233 Å². The van der Waals surface area contributed by atoms with E-state index in [0.717, 1.165) is 17.4 Å². The Hall–Kier alpha value is -4.15. The van der Waals surface area contributed by atoms with Crippen molar-refractivity contribution in [1.29, 1.82) is 0 Å². The average molecular weight is 566 g/mol. The molecule has 0 fully saturated rings. The molecule has 1 unspecified atom stereocenters. The summed E-state index contributed by atoms with van der Waals surface area (Å²) in [6, 6.07) is 11.3. The second-order valence-corrected chi connectivity index (χ2v) is 9.64. The summed E-state index contributed by atoms with van der Waals surface area (Å²) >= 11 is 12.3. The van der Waals surface area contributed by atoms with Gasteiger partial charge in [0.2, 0.25) is 5.91 Å². The summed E-state index contributed by atoms with van der Waals surface area (Å²) in [5.41, 5.74) is 2.75. The Morgan fingerprint density at radius 2 is 1.87 bits per heavy atom. The molecule has 1 N–H and O–H groups in total. The van der Waals surface area contributed by atoms with Crippen molar-refractivity contribution < 1.29 is 9.53 Å². The van der Waals surface area contributed by atoms with Gasteiger partial charge in [0.1, 0.15) is 11.8 Å². The lowest BCUT2D eigenvalue weighted by Crippen LogP contribution is -2.32. The number of aryl methyl sites for hydroxylation is 1. The van der Waals surface area contributed by atoms with E-state index in [1.165, 1.54) is 22.4 Å². The molecule has 3 heterocycles. The maximum atomic E-state index is 13.4. The van der Waals surface area contributed by atoms with Crippen molar-refractivity contribution in [2.24, 2.45) is 0 Å². The number of nitrogens with zero attached hydrogens (tertiary/aromatic N) is 6.